The van der Waals surface area contributed by atoms with E-state index in [-0.39, 0.29) is 11.7 Å². The van der Waals surface area contributed by atoms with E-state index in [1.54, 1.807) is 0 Å². The van der Waals surface area contributed by atoms with Crippen molar-refractivity contribution in [3.8, 4) is 5.75 Å². The fourth-order valence-electron chi connectivity index (χ4n) is 3.75. The van der Waals surface area contributed by atoms with Crippen LogP contribution < -0.4 is 10.2 Å². The highest BCUT2D eigenvalue weighted by atomic mass is 16.4. The van der Waals surface area contributed by atoms with Gasteiger partial charge < -0.3 is 24.2 Å². The highest BCUT2D eigenvalue weighted by Gasteiger charge is 2.23. The molecule has 28 heavy (non-hydrogen) atoms. The van der Waals surface area contributed by atoms with Gasteiger partial charge in [-0.3, -0.25) is 0 Å². The summed E-state index contributed by atoms with van der Waals surface area (Å²) in [7, 11) is 0. The lowest BCUT2D eigenvalue weighted by atomic mass is 9.92. The van der Waals surface area contributed by atoms with Gasteiger partial charge in [0.2, 0.25) is 5.89 Å². The highest BCUT2D eigenvalue weighted by Crippen LogP contribution is 2.29. The summed E-state index contributed by atoms with van der Waals surface area (Å²) in [5.41, 5.74) is 1.73. The van der Waals surface area contributed by atoms with E-state index in [0.717, 1.165) is 55.9 Å². The van der Waals surface area contributed by atoms with E-state index < -0.39 is 0 Å². The van der Waals surface area contributed by atoms with Crippen molar-refractivity contribution in [2.24, 2.45) is 5.92 Å². The molecule has 1 aromatic carbocycles. The number of rotatable bonds is 7. The summed E-state index contributed by atoms with van der Waals surface area (Å²) in [4.78, 5) is 2.21. The Morgan fingerprint density at radius 2 is 2.07 bits per heavy atom. The van der Waals surface area contributed by atoms with Crippen LogP contribution in [0.4, 0.5) is 11.7 Å². The smallest absolute Gasteiger partial charge is 0.318 e. The van der Waals surface area contributed by atoms with E-state index in [4.69, 9.17) is 8.83 Å². The van der Waals surface area contributed by atoms with Crippen LogP contribution in [0.15, 0.2) is 33.3 Å². The molecule has 3 heterocycles. The normalized spacial score (nSPS) is 15.6. The standard InChI is InChI=1S/C21H28N4O3/c1-14(2)20-23-24-21(28-20)25-10-7-15(8-11-25)4-3-9-22-16-5-6-17-18(26)13-27-19(17)12-16/h5-6,12-15,22,26H,3-4,7-11H2,1-2H3. The van der Waals surface area contributed by atoms with Crippen LogP contribution in [0, 0.1) is 5.92 Å². The Bertz CT molecular complexity index is 909. The molecule has 4 rings (SSSR count). The number of benzene rings is 1. The maximum Gasteiger partial charge on any atom is 0.318 e. The van der Waals surface area contributed by atoms with Crippen LogP contribution in [-0.2, 0) is 0 Å². The molecule has 0 radical (unpaired) electrons. The fraction of sp³-hybridized carbons (Fsp3) is 0.524. The molecular weight excluding hydrogens is 356 g/mol. The zero-order valence-electron chi connectivity index (χ0n) is 16.5. The van der Waals surface area contributed by atoms with E-state index in [1.165, 1.54) is 12.7 Å². The topological polar surface area (TPSA) is 87.6 Å². The van der Waals surface area contributed by atoms with Crippen molar-refractivity contribution in [3.63, 3.8) is 0 Å². The van der Waals surface area contributed by atoms with Crippen LogP contribution in [0.2, 0.25) is 0 Å². The predicted molar refractivity (Wildman–Crippen MR) is 109 cm³/mol. The number of aromatic hydroxyl groups is 1. The number of aromatic nitrogens is 2. The molecule has 1 saturated heterocycles. The van der Waals surface area contributed by atoms with Crippen molar-refractivity contribution in [1.29, 1.82) is 0 Å². The molecule has 2 aromatic heterocycles. The molecule has 0 aliphatic carbocycles. The number of nitrogens with one attached hydrogen (secondary N) is 1. The van der Waals surface area contributed by atoms with Crippen LogP contribution >= 0.6 is 0 Å². The van der Waals surface area contributed by atoms with Gasteiger partial charge in [0.05, 0.1) is 5.39 Å². The minimum Gasteiger partial charge on any atom is -0.504 e. The number of fused-ring (bicyclic) bond motifs is 1. The Balaban J connectivity index is 1.19. The van der Waals surface area contributed by atoms with Gasteiger partial charge in [0.1, 0.15) is 11.8 Å². The van der Waals surface area contributed by atoms with Gasteiger partial charge in [-0.25, -0.2) is 0 Å². The predicted octanol–water partition coefficient (Wildman–Crippen LogP) is 4.75. The molecule has 0 spiro atoms. The average Bonchev–Trinajstić information content (AvgIpc) is 3.33. The van der Waals surface area contributed by atoms with E-state index >= 15 is 0 Å². The molecule has 0 saturated carbocycles. The van der Waals surface area contributed by atoms with Gasteiger partial charge in [-0.05, 0) is 43.7 Å². The van der Waals surface area contributed by atoms with Crippen LogP contribution in [0.25, 0.3) is 11.0 Å². The third-order valence-corrected chi connectivity index (χ3v) is 5.48. The number of furan rings is 1. The van der Waals surface area contributed by atoms with Gasteiger partial charge in [-0.2, -0.15) is 0 Å². The summed E-state index contributed by atoms with van der Waals surface area (Å²) < 4.78 is 11.1. The molecule has 2 N–H and O–H groups in total. The molecule has 7 nitrogen and oxygen atoms in total. The maximum absolute atomic E-state index is 9.65. The van der Waals surface area contributed by atoms with E-state index in [0.29, 0.717) is 17.5 Å². The molecule has 7 heteroatoms. The summed E-state index contributed by atoms with van der Waals surface area (Å²) in [6.45, 7) is 7.02. The van der Waals surface area contributed by atoms with Gasteiger partial charge in [0, 0.05) is 37.3 Å². The number of hydrogen-bond acceptors (Lipinski definition) is 7. The Morgan fingerprint density at radius 3 is 2.82 bits per heavy atom. The van der Waals surface area contributed by atoms with Gasteiger partial charge in [0.25, 0.3) is 0 Å². The largest absolute Gasteiger partial charge is 0.504 e. The Morgan fingerprint density at radius 1 is 1.25 bits per heavy atom. The number of piperidine rings is 1. The zero-order chi connectivity index (χ0) is 19.5. The summed E-state index contributed by atoms with van der Waals surface area (Å²) in [6.07, 6.45) is 6.04. The minimum absolute atomic E-state index is 0.189. The van der Waals surface area contributed by atoms with Crippen LogP contribution in [0.3, 0.4) is 0 Å². The van der Waals surface area contributed by atoms with Crippen molar-refractivity contribution in [2.75, 3.05) is 29.9 Å². The first kappa shape index (κ1) is 18.7. The molecule has 0 atom stereocenters. The lowest BCUT2D eigenvalue weighted by molar-refractivity contribution is 0.359. The maximum atomic E-state index is 9.65. The molecule has 0 bridgehead atoms. The summed E-state index contributed by atoms with van der Waals surface area (Å²) in [5, 5.41) is 22.2. The second kappa shape index (κ2) is 8.12. The molecule has 0 amide bonds. The van der Waals surface area contributed by atoms with Crippen LogP contribution in [-0.4, -0.2) is 34.9 Å². The molecule has 1 aliphatic heterocycles. The van der Waals surface area contributed by atoms with Crippen molar-refractivity contribution in [3.05, 3.63) is 30.4 Å². The Kier molecular flexibility index (Phi) is 5.41. The van der Waals surface area contributed by atoms with Crippen LogP contribution in [0.5, 0.6) is 5.75 Å². The second-order valence-corrected chi connectivity index (χ2v) is 7.91. The molecule has 3 aromatic rings. The van der Waals surface area contributed by atoms with E-state index in [2.05, 4.69) is 34.3 Å². The lowest BCUT2D eigenvalue weighted by Crippen LogP contribution is -2.34. The van der Waals surface area contributed by atoms with Crippen LogP contribution in [0.1, 0.15) is 51.3 Å². The Labute approximate surface area is 164 Å². The van der Waals surface area contributed by atoms with Gasteiger partial charge in [0.15, 0.2) is 5.75 Å². The zero-order valence-corrected chi connectivity index (χ0v) is 16.5. The molecule has 150 valence electrons. The molecular formula is C21H28N4O3. The quantitative estimate of drug-likeness (QED) is 0.568. The molecule has 1 aliphatic rings. The first-order valence-electron chi connectivity index (χ1n) is 10.1. The summed E-state index contributed by atoms with van der Waals surface area (Å²) >= 11 is 0. The van der Waals surface area contributed by atoms with Gasteiger partial charge in [-0.15, -0.1) is 5.10 Å². The van der Waals surface area contributed by atoms with Gasteiger partial charge >= 0.3 is 6.01 Å². The van der Waals surface area contributed by atoms with E-state index in [1.807, 2.05) is 18.2 Å². The third kappa shape index (κ3) is 4.08. The van der Waals surface area contributed by atoms with E-state index in [9.17, 15) is 5.11 Å². The molecule has 0 unspecified atom stereocenters. The number of anilines is 2. The first-order chi connectivity index (χ1) is 13.6. The first-order valence-corrected chi connectivity index (χ1v) is 10.1. The fourth-order valence-corrected chi connectivity index (χ4v) is 3.75. The van der Waals surface area contributed by atoms with Crippen molar-refractivity contribution in [1.82, 2.24) is 10.2 Å². The second-order valence-electron chi connectivity index (χ2n) is 7.91. The third-order valence-electron chi connectivity index (χ3n) is 5.48. The summed E-state index contributed by atoms with van der Waals surface area (Å²) in [5.74, 6) is 1.92. The Hall–Kier alpha value is -2.70. The summed E-state index contributed by atoms with van der Waals surface area (Å²) in [6, 6.07) is 6.46. The average molecular weight is 384 g/mol. The minimum atomic E-state index is 0.189. The van der Waals surface area contributed by atoms with Crippen molar-refractivity contribution in [2.45, 2.75) is 45.4 Å². The van der Waals surface area contributed by atoms with Crippen molar-refractivity contribution >= 4 is 22.7 Å². The SMILES string of the molecule is CC(C)c1nnc(N2CCC(CCCNc3ccc4c(O)coc4c3)CC2)o1. The van der Waals surface area contributed by atoms with Crippen molar-refractivity contribution < 1.29 is 13.9 Å². The van der Waals surface area contributed by atoms with Gasteiger partial charge in [-0.1, -0.05) is 18.9 Å². The molecule has 1 fully saturated rings. The monoisotopic (exact) mass is 384 g/mol. The number of hydrogen-bond donors (Lipinski definition) is 2. The highest BCUT2D eigenvalue weighted by molar-refractivity contribution is 5.86. The lowest BCUT2D eigenvalue weighted by Gasteiger charge is -2.30. The number of nitrogens with zero attached hydrogens (tertiary/aromatic N) is 3.